The topological polar surface area (TPSA) is 74.4 Å². The van der Waals surface area contributed by atoms with E-state index in [1.54, 1.807) is 12.4 Å². The Morgan fingerprint density at radius 3 is 2.88 bits per heavy atom. The highest BCUT2D eigenvalue weighted by Crippen LogP contribution is 2.17. The van der Waals surface area contributed by atoms with Gasteiger partial charge in [-0.15, -0.1) is 0 Å². The van der Waals surface area contributed by atoms with Crippen LogP contribution in [0.15, 0.2) is 41.5 Å². The van der Waals surface area contributed by atoms with Crippen LogP contribution in [0.3, 0.4) is 0 Å². The van der Waals surface area contributed by atoms with Crippen molar-refractivity contribution in [1.82, 2.24) is 19.9 Å². The van der Waals surface area contributed by atoms with Crippen molar-refractivity contribution in [2.45, 2.75) is 0 Å². The van der Waals surface area contributed by atoms with E-state index in [0.29, 0.717) is 11.2 Å². The SMILES string of the molecule is O=c1[nH]c2cc(-c3ccccn3)cnc2[nH]1. The Labute approximate surface area is 90.2 Å². The molecule has 16 heavy (non-hydrogen) atoms. The van der Waals surface area contributed by atoms with Crippen molar-refractivity contribution in [2.24, 2.45) is 0 Å². The van der Waals surface area contributed by atoms with Crippen LogP contribution in [-0.2, 0) is 0 Å². The number of hydrogen-bond acceptors (Lipinski definition) is 3. The van der Waals surface area contributed by atoms with Crippen LogP contribution >= 0.6 is 0 Å². The van der Waals surface area contributed by atoms with Crippen molar-refractivity contribution >= 4 is 11.2 Å². The number of pyridine rings is 2. The summed E-state index contributed by atoms with van der Waals surface area (Å²) in [5, 5.41) is 0. The molecular weight excluding hydrogens is 204 g/mol. The van der Waals surface area contributed by atoms with E-state index in [1.165, 1.54) is 0 Å². The van der Waals surface area contributed by atoms with E-state index in [-0.39, 0.29) is 5.69 Å². The quantitative estimate of drug-likeness (QED) is 0.638. The summed E-state index contributed by atoms with van der Waals surface area (Å²) in [6.45, 7) is 0. The van der Waals surface area contributed by atoms with Gasteiger partial charge in [-0.1, -0.05) is 6.07 Å². The molecule has 0 aliphatic carbocycles. The predicted octanol–water partition coefficient (Wildman–Crippen LogP) is 1.31. The highest BCUT2D eigenvalue weighted by atomic mass is 16.1. The first-order valence-corrected chi connectivity index (χ1v) is 4.82. The lowest BCUT2D eigenvalue weighted by Crippen LogP contribution is -1.99. The minimum absolute atomic E-state index is 0.249. The number of imidazole rings is 1. The van der Waals surface area contributed by atoms with E-state index in [9.17, 15) is 4.79 Å². The molecule has 3 heterocycles. The van der Waals surface area contributed by atoms with Crippen LogP contribution < -0.4 is 5.69 Å². The van der Waals surface area contributed by atoms with Gasteiger partial charge < -0.3 is 4.98 Å². The van der Waals surface area contributed by atoms with Gasteiger partial charge in [-0.25, -0.2) is 9.78 Å². The number of rotatable bonds is 1. The van der Waals surface area contributed by atoms with Crippen LogP contribution in [0.2, 0.25) is 0 Å². The molecule has 0 amide bonds. The Bertz CT molecular complexity index is 684. The molecule has 78 valence electrons. The summed E-state index contributed by atoms with van der Waals surface area (Å²) >= 11 is 0. The monoisotopic (exact) mass is 212 g/mol. The maximum atomic E-state index is 11.1. The molecule has 0 aliphatic heterocycles. The van der Waals surface area contributed by atoms with Crippen LogP contribution in [0.1, 0.15) is 0 Å². The Hall–Kier alpha value is -2.43. The van der Waals surface area contributed by atoms with Crippen molar-refractivity contribution in [3.8, 4) is 11.3 Å². The molecule has 3 aromatic rings. The first kappa shape index (κ1) is 8.84. The Morgan fingerprint density at radius 2 is 2.06 bits per heavy atom. The maximum absolute atomic E-state index is 11.1. The second-order valence-corrected chi connectivity index (χ2v) is 3.41. The Balaban J connectivity index is 2.22. The highest BCUT2D eigenvalue weighted by molar-refractivity contribution is 5.76. The first-order chi connectivity index (χ1) is 7.83. The molecule has 0 radical (unpaired) electrons. The van der Waals surface area contributed by atoms with E-state index in [1.807, 2.05) is 24.3 Å². The second kappa shape index (κ2) is 3.30. The third-order valence-electron chi connectivity index (χ3n) is 2.33. The summed E-state index contributed by atoms with van der Waals surface area (Å²) in [7, 11) is 0. The van der Waals surface area contributed by atoms with Gasteiger partial charge in [-0.2, -0.15) is 0 Å². The molecule has 5 heteroatoms. The average Bonchev–Trinajstić information content (AvgIpc) is 2.69. The fraction of sp³-hybridized carbons (Fsp3) is 0. The summed E-state index contributed by atoms with van der Waals surface area (Å²) in [6.07, 6.45) is 3.41. The standard InChI is InChI=1S/C11H8N4O/c16-11-14-9-5-7(6-13-10(9)15-11)8-3-1-2-4-12-8/h1-6H,(H2,13,14,15,16). The van der Waals surface area contributed by atoms with Gasteiger partial charge in [0.2, 0.25) is 0 Å². The lowest BCUT2D eigenvalue weighted by molar-refractivity contribution is 1.20. The molecule has 2 N–H and O–H groups in total. The largest absolute Gasteiger partial charge is 0.325 e. The van der Waals surface area contributed by atoms with Crippen molar-refractivity contribution in [2.75, 3.05) is 0 Å². The minimum atomic E-state index is -0.249. The molecule has 0 unspecified atom stereocenters. The van der Waals surface area contributed by atoms with Crippen molar-refractivity contribution in [3.63, 3.8) is 0 Å². The zero-order chi connectivity index (χ0) is 11.0. The molecule has 0 aliphatic rings. The number of H-pyrrole nitrogens is 2. The van der Waals surface area contributed by atoms with Crippen LogP contribution in [0.4, 0.5) is 0 Å². The van der Waals surface area contributed by atoms with Crippen LogP contribution in [0, 0.1) is 0 Å². The van der Waals surface area contributed by atoms with E-state index < -0.39 is 0 Å². The van der Waals surface area contributed by atoms with Crippen molar-refractivity contribution in [3.05, 3.63) is 47.1 Å². The summed E-state index contributed by atoms with van der Waals surface area (Å²) < 4.78 is 0. The molecule has 0 saturated carbocycles. The summed E-state index contributed by atoms with van der Waals surface area (Å²) in [5.41, 5.74) is 2.71. The first-order valence-electron chi connectivity index (χ1n) is 4.82. The van der Waals surface area contributed by atoms with Gasteiger partial charge in [0.1, 0.15) is 0 Å². The van der Waals surface area contributed by atoms with Gasteiger partial charge in [-0.3, -0.25) is 9.97 Å². The van der Waals surface area contributed by atoms with Gasteiger partial charge in [0.15, 0.2) is 5.65 Å². The molecule has 3 aromatic heterocycles. The van der Waals surface area contributed by atoms with Crippen LogP contribution in [0.5, 0.6) is 0 Å². The smallest absolute Gasteiger partial charge is 0.304 e. The number of nitrogens with one attached hydrogen (secondary N) is 2. The van der Waals surface area contributed by atoms with E-state index in [2.05, 4.69) is 19.9 Å². The third-order valence-corrected chi connectivity index (χ3v) is 2.33. The molecule has 0 aromatic carbocycles. The van der Waals surface area contributed by atoms with E-state index >= 15 is 0 Å². The number of aromatic nitrogens is 4. The van der Waals surface area contributed by atoms with Crippen LogP contribution in [-0.4, -0.2) is 19.9 Å². The zero-order valence-corrected chi connectivity index (χ0v) is 8.27. The number of aromatic amines is 2. The predicted molar refractivity (Wildman–Crippen MR) is 59.9 cm³/mol. The molecule has 5 nitrogen and oxygen atoms in total. The van der Waals surface area contributed by atoms with Gasteiger partial charge in [0.05, 0.1) is 11.2 Å². The lowest BCUT2D eigenvalue weighted by Gasteiger charge is -1.98. The van der Waals surface area contributed by atoms with Gasteiger partial charge in [0, 0.05) is 18.0 Å². The molecular formula is C11H8N4O. The minimum Gasteiger partial charge on any atom is -0.304 e. The normalized spacial score (nSPS) is 10.8. The number of hydrogen-bond donors (Lipinski definition) is 2. The van der Waals surface area contributed by atoms with E-state index in [0.717, 1.165) is 11.3 Å². The summed E-state index contributed by atoms with van der Waals surface area (Å²) in [4.78, 5) is 24.7. The molecule has 0 atom stereocenters. The number of fused-ring (bicyclic) bond motifs is 1. The highest BCUT2D eigenvalue weighted by Gasteiger charge is 2.03. The molecule has 0 bridgehead atoms. The Morgan fingerprint density at radius 1 is 1.12 bits per heavy atom. The van der Waals surface area contributed by atoms with E-state index in [4.69, 9.17) is 0 Å². The molecule has 0 spiro atoms. The zero-order valence-electron chi connectivity index (χ0n) is 8.27. The third kappa shape index (κ3) is 1.38. The maximum Gasteiger partial charge on any atom is 0.325 e. The summed E-state index contributed by atoms with van der Waals surface area (Å²) in [5.74, 6) is 0. The molecule has 3 rings (SSSR count). The van der Waals surface area contributed by atoms with Crippen LogP contribution in [0.25, 0.3) is 22.4 Å². The van der Waals surface area contributed by atoms with Gasteiger partial charge >= 0.3 is 5.69 Å². The molecule has 0 saturated heterocycles. The average molecular weight is 212 g/mol. The number of nitrogens with zero attached hydrogens (tertiary/aromatic N) is 2. The van der Waals surface area contributed by atoms with Crippen molar-refractivity contribution < 1.29 is 0 Å². The van der Waals surface area contributed by atoms with Gasteiger partial charge in [0.25, 0.3) is 0 Å². The van der Waals surface area contributed by atoms with Crippen molar-refractivity contribution in [1.29, 1.82) is 0 Å². The fourth-order valence-electron chi connectivity index (χ4n) is 1.59. The fourth-order valence-corrected chi connectivity index (χ4v) is 1.59. The molecule has 0 fully saturated rings. The van der Waals surface area contributed by atoms with Gasteiger partial charge in [-0.05, 0) is 18.2 Å². The second-order valence-electron chi connectivity index (χ2n) is 3.41. The lowest BCUT2D eigenvalue weighted by atomic mass is 10.2. The summed E-state index contributed by atoms with van der Waals surface area (Å²) in [6, 6.07) is 7.51. The Kier molecular flexibility index (Phi) is 1.83.